The molecule has 1 aliphatic carbocycles. The fourth-order valence-corrected chi connectivity index (χ4v) is 4.43. The number of carbonyl (C=O) groups is 3. The fourth-order valence-electron chi connectivity index (χ4n) is 4.43. The molecule has 2 N–H and O–H groups in total. The number of terminal acetylenes is 1. The largest absolute Gasteiger partial charge is 0.466 e. The van der Waals surface area contributed by atoms with Crippen molar-refractivity contribution in [1.29, 1.82) is 0 Å². The van der Waals surface area contributed by atoms with Crippen molar-refractivity contribution in [2.75, 3.05) is 25.5 Å². The molecule has 4 rings (SSSR count). The van der Waals surface area contributed by atoms with Crippen LogP contribution in [0.25, 0.3) is 11.3 Å². The van der Waals surface area contributed by atoms with Crippen LogP contribution in [-0.4, -0.2) is 47.5 Å². The van der Waals surface area contributed by atoms with Gasteiger partial charge in [-0.05, 0) is 19.4 Å². The summed E-state index contributed by atoms with van der Waals surface area (Å²) in [5, 5.41) is 0. The van der Waals surface area contributed by atoms with Gasteiger partial charge in [0.1, 0.15) is 5.69 Å². The molecule has 1 aromatic heterocycles. The van der Waals surface area contributed by atoms with E-state index in [0.717, 1.165) is 0 Å². The second kappa shape index (κ2) is 7.89. The molecule has 0 fully saturated rings. The number of ether oxygens (including phenoxy) is 2. The van der Waals surface area contributed by atoms with Gasteiger partial charge < -0.3 is 24.5 Å². The van der Waals surface area contributed by atoms with E-state index in [0.29, 0.717) is 11.1 Å². The van der Waals surface area contributed by atoms with E-state index < -0.39 is 23.3 Å². The van der Waals surface area contributed by atoms with Crippen molar-refractivity contribution >= 4 is 23.9 Å². The van der Waals surface area contributed by atoms with Gasteiger partial charge in [0.25, 0.3) is 6.01 Å². The number of nitrogens with zero attached hydrogens (tertiary/aromatic N) is 2. The molecule has 0 saturated carbocycles. The zero-order valence-corrected chi connectivity index (χ0v) is 17.6. The number of aromatic nitrogens is 1. The van der Waals surface area contributed by atoms with Crippen LogP contribution in [0.4, 0.5) is 6.01 Å². The number of esters is 2. The number of nitrogens with two attached hydrogens (primary N) is 1. The topological polar surface area (TPSA) is 125 Å². The molecule has 0 bridgehead atoms. The van der Waals surface area contributed by atoms with Crippen molar-refractivity contribution in [2.45, 2.75) is 25.7 Å². The third kappa shape index (κ3) is 2.80. The molecule has 1 aliphatic heterocycles. The van der Waals surface area contributed by atoms with E-state index >= 15 is 0 Å². The Hall–Kier alpha value is -4.06. The summed E-state index contributed by atoms with van der Waals surface area (Å²) in [6, 6.07) is 6.81. The summed E-state index contributed by atoms with van der Waals surface area (Å²) in [5.41, 5.74) is 5.44. The number of anilines is 1. The van der Waals surface area contributed by atoms with Gasteiger partial charge in [0.2, 0.25) is 5.91 Å². The number of rotatable bonds is 6. The van der Waals surface area contributed by atoms with E-state index in [2.05, 4.69) is 10.9 Å². The van der Waals surface area contributed by atoms with Gasteiger partial charge in [0, 0.05) is 11.3 Å². The van der Waals surface area contributed by atoms with Crippen LogP contribution in [0, 0.1) is 12.3 Å². The van der Waals surface area contributed by atoms with Gasteiger partial charge in [-0.2, -0.15) is 4.98 Å². The first-order chi connectivity index (χ1) is 15.4. The van der Waals surface area contributed by atoms with Crippen molar-refractivity contribution in [2.24, 2.45) is 0 Å². The van der Waals surface area contributed by atoms with Gasteiger partial charge in [-0.3, -0.25) is 9.59 Å². The van der Waals surface area contributed by atoms with Crippen molar-refractivity contribution in [1.82, 2.24) is 9.88 Å². The minimum Gasteiger partial charge on any atom is -0.466 e. The molecule has 1 aromatic carbocycles. The Morgan fingerprint density at radius 3 is 2.66 bits per heavy atom. The smallest absolute Gasteiger partial charge is 0.337 e. The predicted octanol–water partition coefficient (Wildman–Crippen LogP) is 1.77. The maximum atomic E-state index is 14.0. The minimum atomic E-state index is -1.70. The van der Waals surface area contributed by atoms with Crippen LogP contribution in [0.2, 0.25) is 0 Å². The molecule has 1 amide bonds. The normalized spacial score (nSPS) is 18.5. The average Bonchev–Trinajstić information content (AvgIpc) is 3.34. The molecule has 1 atom stereocenters. The zero-order chi connectivity index (χ0) is 23.0. The molecular weight excluding hydrogens is 414 g/mol. The standard InChI is InChI=1S/C23H21N3O6/c1-4-11-26-15(12-16(27)30-5-2)17(20(28)31-6-3)23(21(26)29)14-10-8-7-9-13(14)18-19(23)25-22(24)32-18/h1,7-10H,5-6,11-12H2,2-3H3,(H2,24,25)/t23-/m1/s1. The summed E-state index contributed by atoms with van der Waals surface area (Å²) in [6.45, 7) is 3.35. The van der Waals surface area contributed by atoms with Crippen LogP contribution in [0.3, 0.4) is 0 Å². The summed E-state index contributed by atoms with van der Waals surface area (Å²) in [7, 11) is 0. The number of nitrogen functional groups attached to an aromatic ring is 1. The van der Waals surface area contributed by atoms with Crippen molar-refractivity contribution in [3.05, 3.63) is 46.8 Å². The highest BCUT2D eigenvalue weighted by Crippen LogP contribution is 2.58. The maximum Gasteiger partial charge on any atom is 0.337 e. The van der Waals surface area contributed by atoms with E-state index in [9.17, 15) is 14.4 Å². The van der Waals surface area contributed by atoms with Crippen LogP contribution in [0.15, 0.2) is 40.0 Å². The monoisotopic (exact) mass is 435 g/mol. The van der Waals surface area contributed by atoms with Crippen LogP contribution in [0.1, 0.15) is 31.5 Å². The first-order valence-corrected chi connectivity index (χ1v) is 10.1. The van der Waals surface area contributed by atoms with E-state index in [-0.39, 0.29) is 54.9 Å². The Morgan fingerprint density at radius 2 is 1.97 bits per heavy atom. The lowest BCUT2D eigenvalue weighted by Gasteiger charge is -2.26. The Morgan fingerprint density at radius 1 is 1.25 bits per heavy atom. The molecule has 0 unspecified atom stereocenters. The highest BCUT2D eigenvalue weighted by Gasteiger charge is 2.64. The molecule has 0 radical (unpaired) electrons. The molecule has 1 spiro atoms. The third-order valence-corrected chi connectivity index (χ3v) is 5.48. The number of hydrogen-bond donors (Lipinski definition) is 1. The van der Waals surface area contributed by atoms with Gasteiger partial charge in [0.05, 0.1) is 31.8 Å². The molecule has 164 valence electrons. The van der Waals surface area contributed by atoms with Gasteiger partial charge in [-0.1, -0.05) is 30.2 Å². The third-order valence-electron chi connectivity index (χ3n) is 5.48. The second-order valence-electron chi connectivity index (χ2n) is 7.14. The van der Waals surface area contributed by atoms with Gasteiger partial charge in [-0.15, -0.1) is 6.42 Å². The molecule has 0 saturated heterocycles. The molecule has 32 heavy (non-hydrogen) atoms. The lowest BCUT2D eigenvalue weighted by molar-refractivity contribution is -0.142. The Balaban J connectivity index is 2.07. The molecule has 2 aliphatic rings. The first-order valence-electron chi connectivity index (χ1n) is 10.1. The summed E-state index contributed by atoms with van der Waals surface area (Å²) in [4.78, 5) is 45.3. The average molecular weight is 435 g/mol. The van der Waals surface area contributed by atoms with Gasteiger partial charge in [-0.25, -0.2) is 4.79 Å². The number of oxazole rings is 1. The SMILES string of the molecule is C#CCN1C(=O)[C@@]2(C(C(=O)OCC)=C1CC(=O)OCC)c1ccccc1-c1oc(N)nc12. The molecule has 2 heterocycles. The highest BCUT2D eigenvalue weighted by molar-refractivity contribution is 6.15. The van der Waals surface area contributed by atoms with Gasteiger partial charge in [0.15, 0.2) is 11.2 Å². The minimum absolute atomic E-state index is 0.0350. The fraction of sp³-hybridized carbons (Fsp3) is 0.304. The van der Waals surface area contributed by atoms with Crippen molar-refractivity contribution in [3.8, 4) is 23.7 Å². The van der Waals surface area contributed by atoms with E-state index in [1.807, 2.05) is 0 Å². The summed E-state index contributed by atoms with van der Waals surface area (Å²) >= 11 is 0. The van der Waals surface area contributed by atoms with Crippen molar-refractivity contribution < 1.29 is 28.3 Å². The van der Waals surface area contributed by atoms with Crippen LogP contribution < -0.4 is 5.73 Å². The number of amides is 1. The maximum absolute atomic E-state index is 14.0. The number of benzene rings is 1. The first kappa shape index (κ1) is 21.2. The van der Waals surface area contributed by atoms with E-state index in [1.54, 1.807) is 38.1 Å². The molecular formula is C23H21N3O6. The zero-order valence-electron chi connectivity index (χ0n) is 17.6. The number of fused-ring (bicyclic) bond motifs is 5. The molecule has 2 aromatic rings. The highest BCUT2D eigenvalue weighted by atomic mass is 16.5. The second-order valence-corrected chi connectivity index (χ2v) is 7.14. The Bertz CT molecular complexity index is 1200. The van der Waals surface area contributed by atoms with Crippen LogP contribution in [-0.2, 0) is 29.3 Å². The summed E-state index contributed by atoms with van der Waals surface area (Å²) in [6.07, 6.45) is 5.18. The van der Waals surface area contributed by atoms with Crippen molar-refractivity contribution in [3.63, 3.8) is 0 Å². The summed E-state index contributed by atoms with van der Waals surface area (Å²) in [5.74, 6) is 0.809. The summed E-state index contributed by atoms with van der Waals surface area (Å²) < 4.78 is 16.0. The molecule has 9 heteroatoms. The number of hydrogen-bond acceptors (Lipinski definition) is 8. The number of carbonyl (C=O) groups excluding carboxylic acids is 3. The Labute approximate surface area is 184 Å². The predicted molar refractivity (Wildman–Crippen MR) is 113 cm³/mol. The lowest BCUT2D eigenvalue weighted by Crippen LogP contribution is -2.42. The lowest BCUT2D eigenvalue weighted by atomic mass is 9.74. The quantitative estimate of drug-likeness (QED) is 0.538. The van der Waals surface area contributed by atoms with Crippen LogP contribution in [0.5, 0.6) is 0 Å². The Kier molecular flexibility index (Phi) is 5.22. The molecule has 9 nitrogen and oxygen atoms in total. The van der Waals surface area contributed by atoms with E-state index in [4.69, 9.17) is 26.0 Å². The van der Waals surface area contributed by atoms with Gasteiger partial charge >= 0.3 is 11.9 Å². The van der Waals surface area contributed by atoms with E-state index in [1.165, 1.54) is 4.90 Å². The van der Waals surface area contributed by atoms with Crippen LogP contribution >= 0.6 is 0 Å².